The van der Waals surface area contributed by atoms with Gasteiger partial charge in [0.2, 0.25) is 0 Å². The highest BCUT2D eigenvalue weighted by Gasteiger charge is 2.30. The van der Waals surface area contributed by atoms with Crippen molar-refractivity contribution in [3.63, 3.8) is 0 Å². The highest BCUT2D eigenvalue weighted by molar-refractivity contribution is 9.13. The van der Waals surface area contributed by atoms with Crippen LogP contribution in [0.1, 0.15) is 30.9 Å². The van der Waals surface area contributed by atoms with Crippen molar-refractivity contribution >= 4 is 31.9 Å². The molecule has 0 unspecified atom stereocenters. The van der Waals surface area contributed by atoms with Crippen LogP contribution in [0.25, 0.3) is 0 Å². The summed E-state index contributed by atoms with van der Waals surface area (Å²) in [5.41, 5.74) is 7.06. The standard InChI is InChI=1S/C12H15Br2NO/c13-9-5-4-8(6-10(9)14)11(15)12(16)7-2-1-3-7/h4-7,11-12,16H,1-3,15H2/t11-,12+/m1/s1. The van der Waals surface area contributed by atoms with Crippen LogP contribution >= 0.6 is 31.9 Å². The molecule has 1 saturated carbocycles. The summed E-state index contributed by atoms with van der Waals surface area (Å²) in [5.74, 6) is 0.387. The van der Waals surface area contributed by atoms with E-state index in [4.69, 9.17) is 5.73 Å². The van der Waals surface area contributed by atoms with Crippen molar-refractivity contribution in [2.24, 2.45) is 11.7 Å². The summed E-state index contributed by atoms with van der Waals surface area (Å²) in [5, 5.41) is 10.1. The van der Waals surface area contributed by atoms with Crippen molar-refractivity contribution in [3.8, 4) is 0 Å². The molecule has 3 N–H and O–H groups in total. The number of hydrogen-bond donors (Lipinski definition) is 2. The third-order valence-electron chi connectivity index (χ3n) is 3.33. The van der Waals surface area contributed by atoms with Gasteiger partial charge in [0.1, 0.15) is 0 Å². The first-order chi connectivity index (χ1) is 7.59. The third kappa shape index (κ3) is 2.50. The Morgan fingerprint density at radius 2 is 1.94 bits per heavy atom. The normalized spacial score (nSPS) is 20.2. The van der Waals surface area contributed by atoms with Gasteiger partial charge in [0.25, 0.3) is 0 Å². The van der Waals surface area contributed by atoms with Gasteiger partial charge < -0.3 is 10.8 Å². The Balaban J connectivity index is 2.12. The number of aliphatic hydroxyl groups excluding tert-OH is 1. The molecule has 0 aromatic heterocycles. The zero-order valence-corrected chi connectivity index (χ0v) is 12.0. The molecule has 0 aliphatic heterocycles. The third-order valence-corrected chi connectivity index (χ3v) is 5.21. The van der Waals surface area contributed by atoms with Crippen molar-refractivity contribution in [2.75, 3.05) is 0 Å². The maximum Gasteiger partial charge on any atom is 0.0760 e. The quantitative estimate of drug-likeness (QED) is 0.879. The monoisotopic (exact) mass is 347 g/mol. The molecule has 2 atom stereocenters. The first kappa shape index (κ1) is 12.6. The van der Waals surface area contributed by atoms with Gasteiger partial charge in [-0.05, 0) is 68.3 Å². The molecule has 0 saturated heterocycles. The summed E-state index contributed by atoms with van der Waals surface area (Å²) in [6.45, 7) is 0. The maximum absolute atomic E-state index is 10.1. The molecule has 2 rings (SSSR count). The predicted octanol–water partition coefficient (Wildman–Crippen LogP) is 3.37. The predicted molar refractivity (Wildman–Crippen MR) is 72.1 cm³/mol. The van der Waals surface area contributed by atoms with Gasteiger partial charge in [-0.3, -0.25) is 0 Å². The van der Waals surface area contributed by atoms with Gasteiger partial charge in [-0.15, -0.1) is 0 Å². The Bertz CT molecular complexity index is 379. The topological polar surface area (TPSA) is 46.2 Å². The number of nitrogens with two attached hydrogens (primary N) is 1. The number of benzene rings is 1. The summed E-state index contributed by atoms with van der Waals surface area (Å²) >= 11 is 6.87. The number of halogens is 2. The first-order valence-electron chi connectivity index (χ1n) is 5.48. The van der Waals surface area contributed by atoms with E-state index in [1.807, 2.05) is 18.2 Å². The molecule has 88 valence electrons. The van der Waals surface area contributed by atoms with Gasteiger partial charge in [-0.1, -0.05) is 12.5 Å². The lowest BCUT2D eigenvalue weighted by molar-refractivity contribution is 0.0413. The molecule has 2 nitrogen and oxygen atoms in total. The van der Waals surface area contributed by atoms with Crippen molar-refractivity contribution < 1.29 is 5.11 Å². The van der Waals surface area contributed by atoms with Crippen LogP contribution in [-0.2, 0) is 0 Å². The molecule has 0 radical (unpaired) electrons. The molecular formula is C12H15Br2NO. The van der Waals surface area contributed by atoms with Crippen LogP contribution in [0.4, 0.5) is 0 Å². The number of aliphatic hydroxyl groups is 1. The van der Waals surface area contributed by atoms with Crippen LogP contribution in [0.15, 0.2) is 27.1 Å². The second-order valence-corrected chi connectivity index (χ2v) is 6.09. The van der Waals surface area contributed by atoms with E-state index in [0.717, 1.165) is 27.4 Å². The second-order valence-electron chi connectivity index (χ2n) is 4.38. The summed E-state index contributed by atoms with van der Waals surface area (Å²) in [6, 6.07) is 5.60. The van der Waals surface area contributed by atoms with E-state index in [9.17, 15) is 5.11 Å². The van der Waals surface area contributed by atoms with Gasteiger partial charge >= 0.3 is 0 Å². The summed E-state index contributed by atoms with van der Waals surface area (Å²) in [4.78, 5) is 0. The van der Waals surface area contributed by atoms with Gasteiger partial charge in [-0.25, -0.2) is 0 Å². The molecule has 0 heterocycles. The lowest BCUT2D eigenvalue weighted by Gasteiger charge is -2.33. The minimum atomic E-state index is -0.415. The van der Waals surface area contributed by atoms with E-state index in [0.29, 0.717) is 5.92 Å². The molecule has 0 bridgehead atoms. The van der Waals surface area contributed by atoms with Crippen LogP contribution in [-0.4, -0.2) is 11.2 Å². The molecule has 1 aliphatic carbocycles. The van der Waals surface area contributed by atoms with Gasteiger partial charge in [0.15, 0.2) is 0 Å². The lowest BCUT2D eigenvalue weighted by atomic mass is 9.77. The molecule has 0 spiro atoms. The summed E-state index contributed by atoms with van der Waals surface area (Å²) in [7, 11) is 0. The molecule has 1 aromatic carbocycles. The van der Waals surface area contributed by atoms with E-state index in [1.54, 1.807) is 0 Å². The van der Waals surface area contributed by atoms with E-state index < -0.39 is 6.10 Å². The Hall–Kier alpha value is 0.1000. The zero-order chi connectivity index (χ0) is 11.7. The second kappa shape index (κ2) is 5.17. The van der Waals surface area contributed by atoms with Crippen LogP contribution in [0, 0.1) is 5.92 Å². The molecular weight excluding hydrogens is 334 g/mol. The zero-order valence-electron chi connectivity index (χ0n) is 8.87. The van der Waals surface area contributed by atoms with Crippen molar-refractivity contribution in [3.05, 3.63) is 32.7 Å². The fourth-order valence-electron chi connectivity index (χ4n) is 1.99. The fraction of sp³-hybridized carbons (Fsp3) is 0.500. The van der Waals surface area contributed by atoms with E-state index >= 15 is 0 Å². The van der Waals surface area contributed by atoms with Gasteiger partial charge in [0.05, 0.1) is 12.1 Å². The number of rotatable bonds is 3. The highest BCUT2D eigenvalue weighted by Crippen LogP contribution is 2.35. The first-order valence-corrected chi connectivity index (χ1v) is 7.07. The van der Waals surface area contributed by atoms with Crippen molar-refractivity contribution in [1.29, 1.82) is 0 Å². The summed E-state index contributed by atoms with van der Waals surface area (Å²) < 4.78 is 1.97. The molecule has 4 heteroatoms. The summed E-state index contributed by atoms with van der Waals surface area (Å²) in [6.07, 6.45) is 3.01. The highest BCUT2D eigenvalue weighted by atomic mass is 79.9. The van der Waals surface area contributed by atoms with Crippen LogP contribution < -0.4 is 5.73 Å². The fourth-order valence-corrected chi connectivity index (χ4v) is 2.63. The average Bonchev–Trinajstić information content (AvgIpc) is 2.18. The van der Waals surface area contributed by atoms with Gasteiger partial charge in [0, 0.05) is 8.95 Å². The largest absolute Gasteiger partial charge is 0.391 e. The van der Waals surface area contributed by atoms with Crippen LogP contribution in [0.2, 0.25) is 0 Å². The van der Waals surface area contributed by atoms with Gasteiger partial charge in [-0.2, -0.15) is 0 Å². The lowest BCUT2D eigenvalue weighted by Crippen LogP contribution is -2.36. The maximum atomic E-state index is 10.1. The van der Waals surface area contributed by atoms with Crippen LogP contribution in [0.3, 0.4) is 0 Å². The van der Waals surface area contributed by atoms with Crippen molar-refractivity contribution in [1.82, 2.24) is 0 Å². The minimum absolute atomic E-state index is 0.283. The Morgan fingerprint density at radius 1 is 1.25 bits per heavy atom. The van der Waals surface area contributed by atoms with E-state index in [2.05, 4.69) is 31.9 Å². The molecule has 1 fully saturated rings. The number of hydrogen-bond acceptors (Lipinski definition) is 2. The molecule has 16 heavy (non-hydrogen) atoms. The minimum Gasteiger partial charge on any atom is -0.391 e. The molecule has 1 aliphatic rings. The Kier molecular flexibility index (Phi) is 4.06. The van der Waals surface area contributed by atoms with E-state index in [-0.39, 0.29) is 6.04 Å². The Morgan fingerprint density at radius 3 is 2.44 bits per heavy atom. The average molecular weight is 349 g/mol. The molecule has 0 amide bonds. The Labute approximate surface area is 112 Å². The molecule has 1 aromatic rings. The van der Waals surface area contributed by atoms with Crippen LogP contribution in [0.5, 0.6) is 0 Å². The van der Waals surface area contributed by atoms with Crippen molar-refractivity contribution in [2.45, 2.75) is 31.4 Å². The van der Waals surface area contributed by atoms with E-state index in [1.165, 1.54) is 6.42 Å². The smallest absolute Gasteiger partial charge is 0.0760 e. The SMILES string of the molecule is N[C@H](c1ccc(Br)c(Br)c1)[C@@H](O)C1CCC1.